The quantitative estimate of drug-likeness (QED) is 0.570. The Hall–Kier alpha value is -0.930. The molecule has 1 aliphatic heterocycles. The standard InChI is InChI=1S/C15H20ClNO2.C2H6/c1-5-9(3)13(18)12-7-11-10(14(16)17-12)8-19-15(11,4)6-2;1-2/h7,9H,5-6,8H2,1-4H3;1-2H3. The molecule has 0 aromatic carbocycles. The average molecular weight is 312 g/mol. The van der Waals surface area contributed by atoms with Gasteiger partial charge in [-0.3, -0.25) is 4.79 Å². The molecule has 2 unspecified atom stereocenters. The molecule has 0 radical (unpaired) electrons. The van der Waals surface area contributed by atoms with Crippen molar-refractivity contribution in [2.75, 3.05) is 0 Å². The summed E-state index contributed by atoms with van der Waals surface area (Å²) in [6.45, 7) is 12.5. The highest BCUT2D eigenvalue weighted by molar-refractivity contribution is 6.30. The minimum atomic E-state index is -0.355. The molecule has 0 saturated heterocycles. The average Bonchev–Trinajstić information content (AvgIpc) is 2.86. The second-order valence-electron chi connectivity index (χ2n) is 5.37. The normalized spacial score (nSPS) is 21.3. The molecule has 0 N–H and O–H groups in total. The molecule has 2 atom stereocenters. The van der Waals surface area contributed by atoms with Gasteiger partial charge in [0.25, 0.3) is 0 Å². The number of rotatable bonds is 4. The third-order valence-electron chi connectivity index (χ3n) is 4.17. The lowest BCUT2D eigenvalue weighted by molar-refractivity contribution is -0.0259. The summed E-state index contributed by atoms with van der Waals surface area (Å²) in [6, 6.07) is 1.87. The summed E-state index contributed by atoms with van der Waals surface area (Å²) >= 11 is 6.21. The van der Waals surface area contributed by atoms with Crippen molar-refractivity contribution in [2.45, 2.75) is 66.6 Å². The minimum absolute atomic E-state index is 0.0307. The smallest absolute Gasteiger partial charge is 0.184 e. The molecule has 0 bridgehead atoms. The summed E-state index contributed by atoms with van der Waals surface area (Å²) in [4.78, 5) is 16.5. The molecule has 21 heavy (non-hydrogen) atoms. The first kappa shape index (κ1) is 18.1. The van der Waals surface area contributed by atoms with Gasteiger partial charge in [0.05, 0.1) is 12.2 Å². The van der Waals surface area contributed by atoms with Crippen molar-refractivity contribution in [3.63, 3.8) is 0 Å². The fraction of sp³-hybridized carbons (Fsp3) is 0.647. The van der Waals surface area contributed by atoms with Crippen LogP contribution in [0.25, 0.3) is 0 Å². The molecule has 1 aromatic heterocycles. The zero-order valence-electron chi connectivity index (χ0n) is 13.9. The van der Waals surface area contributed by atoms with Crippen molar-refractivity contribution >= 4 is 17.4 Å². The molecule has 2 heterocycles. The predicted molar refractivity (Wildman–Crippen MR) is 86.8 cm³/mol. The van der Waals surface area contributed by atoms with E-state index in [1.807, 2.05) is 40.7 Å². The second-order valence-corrected chi connectivity index (χ2v) is 5.73. The van der Waals surface area contributed by atoms with Gasteiger partial charge in [-0.05, 0) is 31.4 Å². The zero-order chi connectivity index (χ0) is 16.2. The summed E-state index contributed by atoms with van der Waals surface area (Å²) in [7, 11) is 0. The van der Waals surface area contributed by atoms with E-state index < -0.39 is 0 Å². The van der Waals surface area contributed by atoms with Crippen LogP contribution in [-0.2, 0) is 16.9 Å². The van der Waals surface area contributed by atoms with Crippen LogP contribution in [0.5, 0.6) is 0 Å². The maximum Gasteiger partial charge on any atom is 0.184 e. The van der Waals surface area contributed by atoms with Crippen molar-refractivity contribution in [2.24, 2.45) is 5.92 Å². The van der Waals surface area contributed by atoms with Crippen molar-refractivity contribution in [3.05, 3.63) is 28.0 Å². The number of carbonyl (C=O) groups excluding carboxylic acids is 1. The summed E-state index contributed by atoms with van der Waals surface area (Å²) in [5.41, 5.74) is 2.04. The van der Waals surface area contributed by atoms with Crippen LogP contribution in [0.15, 0.2) is 6.07 Å². The number of ketones is 1. The topological polar surface area (TPSA) is 39.2 Å². The van der Waals surface area contributed by atoms with E-state index in [2.05, 4.69) is 11.9 Å². The van der Waals surface area contributed by atoms with Gasteiger partial charge in [0.2, 0.25) is 0 Å². The number of ether oxygens (including phenoxy) is 1. The van der Waals surface area contributed by atoms with E-state index >= 15 is 0 Å². The van der Waals surface area contributed by atoms with Gasteiger partial charge in [0.15, 0.2) is 5.78 Å². The van der Waals surface area contributed by atoms with Crippen LogP contribution < -0.4 is 0 Å². The Bertz CT molecular complexity index is 516. The van der Waals surface area contributed by atoms with Crippen LogP contribution in [0, 0.1) is 5.92 Å². The number of Topliss-reactive ketones (excluding diaryl/α,β-unsaturated/α-hetero) is 1. The molecule has 0 fully saturated rings. The Morgan fingerprint density at radius 1 is 1.48 bits per heavy atom. The number of halogens is 1. The number of carbonyl (C=O) groups is 1. The Morgan fingerprint density at radius 3 is 2.62 bits per heavy atom. The highest BCUT2D eigenvalue weighted by Gasteiger charge is 2.36. The summed E-state index contributed by atoms with van der Waals surface area (Å²) < 4.78 is 5.83. The van der Waals surface area contributed by atoms with E-state index in [0.29, 0.717) is 17.5 Å². The lowest BCUT2D eigenvalue weighted by Gasteiger charge is -2.23. The number of nitrogens with zero attached hydrogens (tertiary/aromatic N) is 1. The third kappa shape index (κ3) is 3.46. The largest absolute Gasteiger partial charge is 0.366 e. The van der Waals surface area contributed by atoms with Gasteiger partial charge < -0.3 is 4.74 Å². The van der Waals surface area contributed by atoms with Gasteiger partial charge in [-0.15, -0.1) is 0 Å². The number of hydrogen-bond donors (Lipinski definition) is 0. The molecule has 0 saturated carbocycles. The van der Waals surface area contributed by atoms with Crippen molar-refractivity contribution in [3.8, 4) is 0 Å². The summed E-state index contributed by atoms with van der Waals surface area (Å²) in [6.07, 6.45) is 1.65. The van der Waals surface area contributed by atoms with E-state index in [1.165, 1.54) is 0 Å². The van der Waals surface area contributed by atoms with Crippen LogP contribution in [0.1, 0.15) is 76.0 Å². The second kappa shape index (κ2) is 7.37. The van der Waals surface area contributed by atoms with Crippen LogP contribution >= 0.6 is 11.6 Å². The van der Waals surface area contributed by atoms with Gasteiger partial charge >= 0.3 is 0 Å². The zero-order valence-corrected chi connectivity index (χ0v) is 14.7. The SMILES string of the molecule is CC.CCC(C)C(=O)c1cc2c(c(Cl)n1)COC2(C)CC. The number of fused-ring (bicyclic) bond motifs is 1. The van der Waals surface area contributed by atoms with E-state index in [9.17, 15) is 4.79 Å². The Kier molecular flexibility index (Phi) is 6.36. The molecule has 3 nitrogen and oxygen atoms in total. The van der Waals surface area contributed by atoms with Gasteiger partial charge in [0.1, 0.15) is 10.8 Å². The van der Waals surface area contributed by atoms with Crippen LogP contribution in [0.2, 0.25) is 5.15 Å². The lowest BCUT2D eigenvalue weighted by atomic mass is 9.90. The molecule has 0 aliphatic carbocycles. The Morgan fingerprint density at radius 2 is 2.10 bits per heavy atom. The van der Waals surface area contributed by atoms with Crippen LogP contribution in [0.4, 0.5) is 0 Å². The number of pyridine rings is 1. The van der Waals surface area contributed by atoms with E-state index in [0.717, 1.165) is 24.0 Å². The van der Waals surface area contributed by atoms with Gasteiger partial charge in [-0.1, -0.05) is 46.2 Å². The predicted octanol–water partition coefficient (Wildman–Crippen LogP) is 5.15. The summed E-state index contributed by atoms with van der Waals surface area (Å²) in [5, 5.41) is 0.404. The third-order valence-corrected chi connectivity index (χ3v) is 4.48. The van der Waals surface area contributed by atoms with E-state index in [-0.39, 0.29) is 17.3 Å². The van der Waals surface area contributed by atoms with Crippen molar-refractivity contribution in [1.29, 1.82) is 0 Å². The molecule has 4 heteroatoms. The Labute approximate surface area is 133 Å². The van der Waals surface area contributed by atoms with Gasteiger partial charge in [-0.2, -0.15) is 0 Å². The lowest BCUT2D eigenvalue weighted by Crippen LogP contribution is -2.20. The first-order valence-electron chi connectivity index (χ1n) is 7.81. The van der Waals surface area contributed by atoms with Crippen LogP contribution in [0.3, 0.4) is 0 Å². The number of aromatic nitrogens is 1. The van der Waals surface area contributed by atoms with E-state index in [1.54, 1.807) is 0 Å². The minimum Gasteiger partial charge on any atom is -0.366 e. The monoisotopic (exact) mass is 311 g/mol. The van der Waals surface area contributed by atoms with Gasteiger partial charge in [0, 0.05) is 11.5 Å². The van der Waals surface area contributed by atoms with Crippen molar-refractivity contribution in [1.82, 2.24) is 4.98 Å². The maximum atomic E-state index is 12.3. The van der Waals surface area contributed by atoms with Crippen molar-refractivity contribution < 1.29 is 9.53 Å². The fourth-order valence-electron chi connectivity index (χ4n) is 2.32. The first-order chi connectivity index (χ1) is 9.92. The van der Waals surface area contributed by atoms with Gasteiger partial charge in [-0.25, -0.2) is 4.98 Å². The maximum absolute atomic E-state index is 12.3. The first-order valence-corrected chi connectivity index (χ1v) is 8.18. The van der Waals surface area contributed by atoms with Crippen LogP contribution in [-0.4, -0.2) is 10.8 Å². The molecular weight excluding hydrogens is 286 g/mol. The Balaban J connectivity index is 0.00000106. The highest BCUT2D eigenvalue weighted by Crippen LogP contribution is 2.41. The molecule has 118 valence electrons. The summed E-state index contributed by atoms with van der Waals surface area (Å²) in [5.74, 6) is 0.0226. The fourth-order valence-corrected chi connectivity index (χ4v) is 2.56. The molecule has 1 aromatic rings. The molecule has 2 rings (SSSR count). The highest BCUT2D eigenvalue weighted by atomic mass is 35.5. The molecular formula is C17H26ClNO2. The van der Waals surface area contributed by atoms with E-state index in [4.69, 9.17) is 16.3 Å². The molecule has 1 aliphatic rings. The number of hydrogen-bond acceptors (Lipinski definition) is 3. The molecule has 0 spiro atoms. The molecule has 0 amide bonds.